The van der Waals surface area contributed by atoms with Crippen LogP contribution < -0.4 is 10.1 Å². The summed E-state index contributed by atoms with van der Waals surface area (Å²) < 4.78 is 33.7. The van der Waals surface area contributed by atoms with Gasteiger partial charge in [0.15, 0.2) is 0 Å². The molecule has 0 aliphatic heterocycles. The number of rotatable bonds is 9. The summed E-state index contributed by atoms with van der Waals surface area (Å²) in [6.07, 6.45) is 0.176. The van der Waals surface area contributed by atoms with Gasteiger partial charge in [0.2, 0.25) is 15.9 Å². The van der Waals surface area contributed by atoms with Gasteiger partial charge in [-0.3, -0.25) is 4.79 Å². The molecule has 1 heterocycles. The van der Waals surface area contributed by atoms with E-state index in [1.807, 2.05) is 19.1 Å². The van der Waals surface area contributed by atoms with Gasteiger partial charge in [0.25, 0.3) is 0 Å². The first-order valence-electron chi connectivity index (χ1n) is 10.1. The Balaban J connectivity index is 1.73. The molecule has 10 heteroatoms. The lowest BCUT2D eigenvalue weighted by Gasteiger charge is -2.18. The second-order valence-electron chi connectivity index (χ2n) is 7.05. The van der Waals surface area contributed by atoms with E-state index in [-0.39, 0.29) is 17.2 Å². The third kappa shape index (κ3) is 4.86. The fourth-order valence-corrected chi connectivity index (χ4v) is 4.81. The summed E-state index contributed by atoms with van der Waals surface area (Å²) in [6.45, 7) is 6.62. The lowest BCUT2D eigenvalue weighted by molar-refractivity contribution is -0.116. The number of nitrogens with one attached hydrogen (secondary N) is 1. The molecule has 3 aromatic rings. The average Bonchev–Trinajstić information content (AvgIpc) is 3.15. The Morgan fingerprint density at radius 1 is 1.16 bits per heavy atom. The SMILES string of the molecule is CCN(CC)S(=O)(=O)c1ccc2c(c1)nnn2CCC(=O)Nc1cc(C)ccc1OC. The lowest BCUT2D eigenvalue weighted by Crippen LogP contribution is -2.30. The molecule has 31 heavy (non-hydrogen) atoms. The summed E-state index contributed by atoms with van der Waals surface area (Å²) in [7, 11) is -2.02. The highest BCUT2D eigenvalue weighted by atomic mass is 32.2. The first kappa shape index (κ1) is 22.7. The minimum absolute atomic E-state index is 0.176. The minimum Gasteiger partial charge on any atom is -0.495 e. The molecule has 0 bridgehead atoms. The van der Waals surface area contributed by atoms with Gasteiger partial charge >= 0.3 is 0 Å². The smallest absolute Gasteiger partial charge is 0.243 e. The van der Waals surface area contributed by atoms with E-state index in [2.05, 4.69) is 15.6 Å². The molecule has 0 saturated heterocycles. The third-order valence-corrected chi connectivity index (χ3v) is 7.05. The molecule has 0 spiro atoms. The van der Waals surface area contributed by atoms with Crippen LogP contribution >= 0.6 is 0 Å². The zero-order chi connectivity index (χ0) is 22.6. The van der Waals surface area contributed by atoms with Gasteiger partial charge in [0.05, 0.1) is 29.8 Å². The first-order valence-corrected chi connectivity index (χ1v) is 11.5. The zero-order valence-corrected chi connectivity index (χ0v) is 18.9. The summed E-state index contributed by atoms with van der Waals surface area (Å²) in [4.78, 5) is 12.6. The molecule has 166 valence electrons. The first-order chi connectivity index (χ1) is 14.8. The van der Waals surface area contributed by atoms with Gasteiger partial charge in [-0.25, -0.2) is 13.1 Å². The number of aryl methyl sites for hydroxylation is 2. The van der Waals surface area contributed by atoms with E-state index in [1.165, 1.54) is 10.4 Å². The van der Waals surface area contributed by atoms with Crippen LogP contribution in [-0.4, -0.2) is 53.8 Å². The van der Waals surface area contributed by atoms with Crippen LogP contribution in [0.15, 0.2) is 41.3 Å². The molecule has 2 aromatic carbocycles. The van der Waals surface area contributed by atoms with E-state index >= 15 is 0 Å². The fraction of sp³-hybridized carbons (Fsp3) is 0.381. The van der Waals surface area contributed by atoms with Crippen molar-refractivity contribution in [3.8, 4) is 5.75 Å². The summed E-state index contributed by atoms with van der Waals surface area (Å²) >= 11 is 0. The van der Waals surface area contributed by atoms with Gasteiger partial charge in [-0.2, -0.15) is 4.31 Å². The van der Waals surface area contributed by atoms with Gasteiger partial charge in [-0.1, -0.05) is 25.1 Å². The van der Waals surface area contributed by atoms with E-state index in [9.17, 15) is 13.2 Å². The highest BCUT2D eigenvalue weighted by Gasteiger charge is 2.22. The largest absolute Gasteiger partial charge is 0.495 e. The number of anilines is 1. The van der Waals surface area contributed by atoms with Crippen LogP contribution in [0.3, 0.4) is 0 Å². The van der Waals surface area contributed by atoms with Crippen LogP contribution in [0.2, 0.25) is 0 Å². The Morgan fingerprint density at radius 2 is 1.90 bits per heavy atom. The molecular formula is C21H27N5O4S. The number of carbonyl (C=O) groups is 1. The van der Waals surface area contributed by atoms with Gasteiger partial charge in [-0.15, -0.1) is 5.10 Å². The maximum absolute atomic E-state index is 12.7. The van der Waals surface area contributed by atoms with Crippen molar-refractivity contribution in [2.75, 3.05) is 25.5 Å². The van der Waals surface area contributed by atoms with Crippen LogP contribution in [0.5, 0.6) is 5.75 Å². The number of ether oxygens (including phenoxy) is 1. The monoisotopic (exact) mass is 445 g/mol. The molecule has 0 aliphatic carbocycles. The normalized spacial score (nSPS) is 11.8. The molecule has 0 fully saturated rings. The number of methoxy groups -OCH3 is 1. The van der Waals surface area contributed by atoms with E-state index in [4.69, 9.17) is 4.74 Å². The lowest BCUT2D eigenvalue weighted by atomic mass is 10.2. The molecule has 0 unspecified atom stereocenters. The molecular weight excluding hydrogens is 418 g/mol. The third-order valence-electron chi connectivity index (χ3n) is 5.01. The second kappa shape index (κ2) is 9.44. The summed E-state index contributed by atoms with van der Waals surface area (Å²) in [6, 6.07) is 10.3. The van der Waals surface area contributed by atoms with Gasteiger partial charge in [0, 0.05) is 19.5 Å². The number of aromatic nitrogens is 3. The molecule has 0 saturated carbocycles. The van der Waals surface area contributed by atoms with Crippen molar-refractivity contribution >= 4 is 32.7 Å². The van der Waals surface area contributed by atoms with Gasteiger partial charge in [0.1, 0.15) is 11.3 Å². The van der Waals surface area contributed by atoms with Crippen molar-refractivity contribution in [1.29, 1.82) is 0 Å². The molecule has 0 aliphatic rings. The van der Waals surface area contributed by atoms with Crippen LogP contribution in [0.4, 0.5) is 5.69 Å². The standard InChI is InChI=1S/C21H27N5O4S/c1-5-25(6-2)31(28,29)16-8-9-19-17(14-16)23-24-26(19)12-11-21(27)22-18-13-15(3)7-10-20(18)30-4/h7-10,13-14H,5-6,11-12H2,1-4H3,(H,22,27). The van der Waals surface area contributed by atoms with Gasteiger partial charge < -0.3 is 10.1 Å². The maximum atomic E-state index is 12.7. The second-order valence-corrected chi connectivity index (χ2v) is 8.99. The van der Waals surface area contributed by atoms with Crippen LogP contribution in [-0.2, 0) is 21.4 Å². The summed E-state index contributed by atoms with van der Waals surface area (Å²) in [5, 5.41) is 11.0. The number of fused-ring (bicyclic) bond motifs is 1. The number of sulfonamides is 1. The maximum Gasteiger partial charge on any atom is 0.243 e. The topological polar surface area (TPSA) is 106 Å². The van der Waals surface area contributed by atoms with E-state index in [0.717, 1.165) is 5.56 Å². The van der Waals surface area contributed by atoms with Crippen LogP contribution in [0.1, 0.15) is 25.8 Å². The Bertz CT molecular complexity index is 1190. The molecule has 1 aromatic heterocycles. The molecule has 3 rings (SSSR count). The van der Waals surface area contributed by atoms with E-state index in [0.29, 0.717) is 42.1 Å². The molecule has 0 radical (unpaired) electrons. The number of hydrogen-bond donors (Lipinski definition) is 1. The number of carbonyl (C=O) groups excluding carboxylic acids is 1. The van der Waals surface area contributed by atoms with Crippen LogP contribution in [0, 0.1) is 6.92 Å². The molecule has 9 nitrogen and oxygen atoms in total. The summed E-state index contributed by atoms with van der Waals surface area (Å²) in [5.74, 6) is 0.403. The van der Waals surface area contributed by atoms with E-state index in [1.54, 1.807) is 43.8 Å². The average molecular weight is 446 g/mol. The van der Waals surface area contributed by atoms with Gasteiger partial charge in [-0.05, 0) is 42.8 Å². The number of benzene rings is 2. The van der Waals surface area contributed by atoms with Crippen molar-refractivity contribution in [2.45, 2.75) is 38.6 Å². The molecule has 1 N–H and O–H groups in total. The number of hydrogen-bond acceptors (Lipinski definition) is 6. The highest BCUT2D eigenvalue weighted by Crippen LogP contribution is 2.25. The number of amides is 1. The predicted octanol–water partition coefficient (Wildman–Crippen LogP) is 2.81. The molecule has 0 atom stereocenters. The highest BCUT2D eigenvalue weighted by molar-refractivity contribution is 7.89. The Morgan fingerprint density at radius 3 is 2.58 bits per heavy atom. The Labute approximate surface area is 182 Å². The predicted molar refractivity (Wildman–Crippen MR) is 119 cm³/mol. The van der Waals surface area contributed by atoms with E-state index < -0.39 is 10.0 Å². The van der Waals surface area contributed by atoms with Crippen molar-refractivity contribution in [3.63, 3.8) is 0 Å². The van der Waals surface area contributed by atoms with Crippen molar-refractivity contribution in [2.24, 2.45) is 0 Å². The molecule has 1 amide bonds. The van der Waals surface area contributed by atoms with Crippen molar-refractivity contribution < 1.29 is 17.9 Å². The zero-order valence-electron chi connectivity index (χ0n) is 18.1. The van der Waals surface area contributed by atoms with Crippen molar-refractivity contribution in [3.05, 3.63) is 42.0 Å². The van der Waals surface area contributed by atoms with Crippen molar-refractivity contribution in [1.82, 2.24) is 19.3 Å². The number of nitrogens with zero attached hydrogens (tertiary/aromatic N) is 4. The minimum atomic E-state index is -3.57. The Kier molecular flexibility index (Phi) is 6.91. The summed E-state index contributed by atoms with van der Waals surface area (Å²) in [5.41, 5.74) is 2.75. The Hall–Kier alpha value is -2.98. The fourth-order valence-electron chi connectivity index (χ4n) is 3.33. The quantitative estimate of drug-likeness (QED) is 0.543. The van der Waals surface area contributed by atoms with Crippen LogP contribution in [0.25, 0.3) is 11.0 Å².